The minimum Gasteiger partial charge on any atom is -0.309 e. The van der Waals surface area contributed by atoms with Crippen LogP contribution in [-0.2, 0) is 4.79 Å². The molecule has 4 nitrogen and oxygen atoms in total. The molecule has 0 atom stereocenters. The molecule has 1 heterocycles. The number of anilines is 1. The summed E-state index contributed by atoms with van der Waals surface area (Å²) in [6.45, 7) is 3.45. The van der Waals surface area contributed by atoms with Gasteiger partial charge in [-0.05, 0) is 69.9 Å². The molecule has 0 aliphatic rings. The average Bonchev–Trinajstić information content (AvgIpc) is 3.14. The Kier molecular flexibility index (Phi) is 9.37. The predicted octanol–water partition coefficient (Wildman–Crippen LogP) is 5.90. The van der Waals surface area contributed by atoms with Gasteiger partial charge in [0.05, 0.1) is 21.0 Å². The monoisotopic (exact) mass is 487 g/mol. The zero-order chi connectivity index (χ0) is 21.0. The molecule has 162 valence electrons. The van der Waals surface area contributed by atoms with Crippen LogP contribution in [0.15, 0.2) is 41.3 Å². The highest BCUT2D eigenvalue weighted by Gasteiger charge is 2.21. The van der Waals surface area contributed by atoms with E-state index < -0.39 is 0 Å². The molecule has 30 heavy (non-hydrogen) atoms. The molecule has 0 N–H and O–H groups in total. The smallest absolute Gasteiger partial charge is 0.239 e. The molecule has 0 aliphatic heterocycles. The molecule has 0 aliphatic carbocycles. The summed E-state index contributed by atoms with van der Waals surface area (Å²) in [5.74, 6) is -0.0467. The van der Waals surface area contributed by atoms with Crippen LogP contribution in [0.2, 0.25) is 5.02 Å². The van der Waals surface area contributed by atoms with Crippen molar-refractivity contribution in [2.75, 3.05) is 37.8 Å². The third kappa shape index (κ3) is 6.31. The Hall–Kier alpha value is -1.38. The van der Waals surface area contributed by atoms with Crippen LogP contribution in [0.3, 0.4) is 0 Å². The topological polar surface area (TPSA) is 36.4 Å². The summed E-state index contributed by atoms with van der Waals surface area (Å²) < 4.78 is 14.0. The highest BCUT2D eigenvalue weighted by Crippen LogP contribution is 2.36. The fourth-order valence-corrected chi connectivity index (χ4v) is 4.97. The van der Waals surface area contributed by atoms with Gasteiger partial charge in [0.15, 0.2) is 5.13 Å². The van der Waals surface area contributed by atoms with E-state index in [1.807, 2.05) is 33.2 Å². The van der Waals surface area contributed by atoms with E-state index in [0.717, 1.165) is 33.6 Å². The van der Waals surface area contributed by atoms with Crippen LogP contribution in [0, 0.1) is 12.7 Å². The maximum atomic E-state index is 13.1. The van der Waals surface area contributed by atoms with Crippen LogP contribution in [0.1, 0.15) is 12.0 Å². The van der Waals surface area contributed by atoms with E-state index in [0.29, 0.717) is 16.7 Å². The Morgan fingerprint density at radius 1 is 1.17 bits per heavy atom. The van der Waals surface area contributed by atoms with E-state index in [1.165, 1.54) is 35.2 Å². The van der Waals surface area contributed by atoms with Crippen LogP contribution in [-0.4, -0.2) is 48.7 Å². The molecule has 1 amide bonds. The Morgan fingerprint density at radius 3 is 2.50 bits per heavy atom. The lowest BCUT2D eigenvalue weighted by Crippen LogP contribution is -2.34. The Labute approximate surface area is 195 Å². The van der Waals surface area contributed by atoms with Gasteiger partial charge in [-0.15, -0.1) is 24.2 Å². The summed E-state index contributed by atoms with van der Waals surface area (Å²) in [7, 11) is 4.02. The maximum Gasteiger partial charge on any atom is 0.239 e. The molecule has 0 radical (unpaired) electrons. The van der Waals surface area contributed by atoms with Crippen LogP contribution in [0.25, 0.3) is 10.2 Å². The second kappa shape index (κ2) is 11.3. The summed E-state index contributed by atoms with van der Waals surface area (Å²) in [4.78, 5) is 22.5. The number of hydrogen-bond acceptors (Lipinski definition) is 5. The van der Waals surface area contributed by atoms with E-state index in [4.69, 9.17) is 16.6 Å². The number of amides is 1. The number of benzene rings is 2. The highest BCUT2D eigenvalue weighted by molar-refractivity contribution is 8.00. The molecule has 0 spiro atoms. The SMILES string of the molecule is Cc1ccc(Cl)c2sc(N(CCCN(C)C)C(=O)CSc3ccc(F)cc3)nc12.Cl. The molecular formula is C21H24Cl2FN3OS2. The van der Waals surface area contributed by atoms with Crippen molar-refractivity contribution in [2.45, 2.75) is 18.2 Å². The minimum absolute atomic E-state index is 0. The summed E-state index contributed by atoms with van der Waals surface area (Å²) in [6.07, 6.45) is 0.836. The van der Waals surface area contributed by atoms with Crippen LogP contribution >= 0.6 is 47.1 Å². The zero-order valence-corrected chi connectivity index (χ0v) is 20.2. The lowest BCUT2D eigenvalue weighted by Gasteiger charge is -2.21. The number of rotatable bonds is 8. The molecule has 0 saturated heterocycles. The van der Waals surface area contributed by atoms with Crippen molar-refractivity contribution in [2.24, 2.45) is 0 Å². The number of thioether (sulfide) groups is 1. The first-order valence-electron chi connectivity index (χ1n) is 9.24. The number of aromatic nitrogens is 1. The third-order valence-electron chi connectivity index (χ3n) is 4.38. The number of carbonyl (C=O) groups excluding carboxylic acids is 1. The Balaban J connectivity index is 0.00000320. The fourth-order valence-electron chi connectivity index (χ4n) is 2.83. The van der Waals surface area contributed by atoms with Crippen molar-refractivity contribution >= 4 is 68.4 Å². The van der Waals surface area contributed by atoms with Gasteiger partial charge in [-0.2, -0.15) is 0 Å². The van der Waals surface area contributed by atoms with Gasteiger partial charge in [-0.3, -0.25) is 9.69 Å². The number of fused-ring (bicyclic) bond motifs is 1. The fraction of sp³-hybridized carbons (Fsp3) is 0.333. The molecule has 9 heteroatoms. The van der Waals surface area contributed by atoms with Crippen LogP contribution < -0.4 is 4.90 Å². The largest absolute Gasteiger partial charge is 0.309 e. The second-order valence-corrected chi connectivity index (χ2v) is 9.42. The van der Waals surface area contributed by atoms with Crippen molar-refractivity contribution in [3.05, 3.63) is 52.8 Å². The van der Waals surface area contributed by atoms with Crippen molar-refractivity contribution < 1.29 is 9.18 Å². The molecule has 3 rings (SSSR count). The van der Waals surface area contributed by atoms with Gasteiger partial charge >= 0.3 is 0 Å². The highest BCUT2D eigenvalue weighted by atomic mass is 35.5. The van der Waals surface area contributed by atoms with Crippen molar-refractivity contribution in [1.29, 1.82) is 0 Å². The first-order valence-corrected chi connectivity index (χ1v) is 11.4. The number of aryl methyl sites for hydroxylation is 1. The molecule has 0 saturated carbocycles. The standard InChI is InChI=1S/C21H23ClFN3OS2.ClH/c1-14-5-10-17(22)20-19(14)24-21(29-20)26(12-4-11-25(2)3)18(27)13-28-16-8-6-15(23)7-9-16;/h5-10H,4,11-13H2,1-3H3;1H. The molecule has 3 aromatic rings. The number of thiazole rings is 1. The summed E-state index contributed by atoms with van der Waals surface area (Å²) in [6, 6.07) is 9.98. The molecule has 0 fully saturated rings. The number of halogens is 3. The van der Waals surface area contributed by atoms with E-state index in [-0.39, 0.29) is 29.9 Å². The molecule has 0 unspecified atom stereocenters. The van der Waals surface area contributed by atoms with Gasteiger partial charge in [-0.1, -0.05) is 29.0 Å². The van der Waals surface area contributed by atoms with E-state index in [2.05, 4.69) is 4.90 Å². The van der Waals surface area contributed by atoms with Gasteiger partial charge < -0.3 is 4.90 Å². The molecule has 2 aromatic carbocycles. The quantitative estimate of drug-likeness (QED) is 0.370. The lowest BCUT2D eigenvalue weighted by atomic mass is 10.2. The predicted molar refractivity (Wildman–Crippen MR) is 129 cm³/mol. The van der Waals surface area contributed by atoms with E-state index in [1.54, 1.807) is 17.0 Å². The Morgan fingerprint density at radius 2 is 1.87 bits per heavy atom. The van der Waals surface area contributed by atoms with Gasteiger partial charge in [-0.25, -0.2) is 9.37 Å². The number of hydrogen-bond donors (Lipinski definition) is 0. The van der Waals surface area contributed by atoms with Crippen LogP contribution in [0.4, 0.5) is 9.52 Å². The Bertz CT molecular complexity index is 957. The number of carbonyl (C=O) groups is 1. The normalized spacial score (nSPS) is 11.0. The van der Waals surface area contributed by atoms with Crippen molar-refractivity contribution in [3.8, 4) is 0 Å². The molecule has 0 bridgehead atoms. The minimum atomic E-state index is -0.285. The van der Waals surface area contributed by atoms with Gasteiger partial charge in [0.1, 0.15) is 5.82 Å². The van der Waals surface area contributed by atoms with Gasteiger partial charge in [0.25, 0.3) is 0 Å². The zero-order valence-electron chi connectivity index (χ0n) is 17.0. The first kappa shape index (κ1) is 24.9. The van der Waals surface area contributed by atoms with Gasteiger partial charge in [0.2, 0.25) is 5.91 Å². The van der Waals surface area contributed by atoms with Crippen LogP contribution in [0.5, 0.6) is 0 Å². The third-order valence-corrected chi connectivity index (χ3v) is 6.92. The summed E-state index contributed by atoms with van der Waals surface area (Å²) >= 11 is 9.19. The second-order valence-electron chi connectivity index (χ2n) is 6.98. The lowest BCUT2D eigenvalue weighted by molar-refractivity contribution is -0.116. The number of nitrogens with zero attached hydrogens (tertiary/aromatic N) is 3. The van der Waals surface area contributed by atoms with Crippen molar-refractivity contribution in [1.82, 2.24) is 9.88 Å². The molecular weight excluding hydrogens is 464 g/mol. The average molecular weight is 488 g/mol. The van der Waals surface area contributed by atoms with E-state index in [9.17, 15) is 9.18 Å². The van der Waals surface area contributed by atoms with Gasteiger partial charge in [0, 0.05) is 11.4 Å². The van der Waals surface area contributed by atoms with E-state index >= 15 is 0 Å². The summed E-state index contributed by atoms with van der Waals surface area (Å²) in [5, 5.41) is 1.32. The maximum absolute atomic E-state index is 13.1. The van der Waals surface area contributed by atoms with Crippen molar-refractivity contribution in [3.63, 3.8) is 0 Å². The first-order chi connectivity index (χ1) is 13.8. The summed E-state index contributed by atoms with van der Waals surface area (Å²) in [5.41, 5.74) is 1.88. The molecule has 1 aromatic heterocycles.